The largest absolute Gasteiger partial charge is 0.395 e. The molecule has 1 atom stereocenters. The molecule has 1 N–H and O–H groups in total. The Morgan fingerprint density at radius 1 is 1.43 bits per heavy atom. The molecule has 0 spiro atoms. The Kier molecular flexibility index (Phi) is 5.12. The van der Waals surface area contributed by atoms with Crippen LogP contribution in [-0.4, -0.2) is 41.5 Å². The van der Waals surface area contributed by atoms with Crippen LogP contribution in [0, 0.1) is 0 Å². The van der Waals surface area contributed by atoms with Crippen molar-refractivity contribution < 1.29 is 9.90 Å². The van der Waals surface area contributed by atoms with Gasteiger partial charge in [-0.05, 0) is 26.3 Å². The van der Waals surface area contributed by atoms with Gasteiger partial charge in [0.1, 0.15) is 5.78 Å². The number of hydrogen-bond acceptors (Lipinski definition) is 3. The molecule has 3 nitrogen and oxygen atoms in total. The summed E-state index contributed by atoms with van der Waals surface area (Å²) < 4.78 is 0. The van der Waals surface area contributed by atoms with Crippen LogP contribution in [0.4, 0.5) is 0 Å². The molecule has 0 bridgehead atoms. The lowest BCUT2D eigenvalue weighted by atomic mass is 10.1. The lowest BCUT2D eigenvalue weighted by Crippen LogP contribution is -2.38. The van der Waals surface area contributed by atoms with Crippen LogP contribution in [0.3, 0.4) is 0 Å². The van der Waals surface area contributed by atoms with E-state index >= 15 is 0 Å². The van der Waals surface area contributed by atoms with E-state index in [4.69, 9.17) is 0 Å². The van der Waals surface area contributed by atoms with Crippen molar-refractivity contribution in [1.82, 2.24) is 4.90 Å². The Morgan fingerprint density at radius 3 is 2.86 bits per heavy atom. The van der Waals surface area contributed by atoms with E-state index in [0.717, 1.165) is 19.5 Å². The predicted molar refractivity (Wildman–Crippen MR) is 56.2 cm³/mol. The van der Waals surface area contributed by atoms with Crippen molar-refractivity contribution in [1.29, 1.82) is 0 Å². The lowest BCUT2D eigenvalue weighted by molar-refractivity contribution is -0.117. The first-order valence-electron chi connectivity index (χ1n) is 5.58. The molecule has 1 rings (SSSR count). The molecule has 0 radical (unpaired) electrons. The van der Waals surface area contributed by atoms with Crippen LogP contribution >= 0.6 is 0 Å². The van der Waals surface area contributed by atoms with E-state index in [1.54, 1.807) is 6.92 Å². The molecule has 1 fully saturated rings. The van der Waals surface area contributed by atoms with Crippen molar-refractivity contribution in [3.05, 3.63) is 0 Å². The Morgan fingerprint density at radius 2 is 2.21 bits per heavy atom. The molecule has 1 aliphatic heterocycles. The van der Waals surface area contributed by atoms with E-state index in [0.29, 0.717) is 6.42 Å². The van der Waals surface area contributed by atoms with Gasteiger partial charge >= 0.3 is 0 Å². The monoisotopic (exact) mass is 199 g/mol. The van der Waals surface area contributed by atoms with Crippen molar-refractivity contribution in [2.24, 2.45) is 0 Å². The van der Waals surface area contributed by atoms with Crippen LogP contribution in [-0.2, 0) is 4.79 Å². The molecule has 3 heteroatoms. The van der Waals surface area contributed by atoms with E-state index < -0.39 is 0 Å². The third kappa shape index (κ3) is 3.76. The number of Topliss-reactive ketones (excluding diaryl/α,β-unsaturated/α-hetero) is 1. The smallest absolute Gasteiger partial charge is 0.131 e. The van der Waals surface area contributed by atoms with Gasteiger partial charge in [0.2, 0.25) is 0 Å². The summed E-state index contributed by atoms with van der Waals surface area (Å²) >= 11 is 0. The molecule has 1 heterocycles. The fraction of sp³-hybridized carbons (Fsp3) is 0.909. The highest BCUT2D eigenvalue weighted by atomic mass is 16.3. The van der Waals surface area contributed by atoms with Gasteiger partial charge in [-0.1, -0.05) is 12.8 Å². The molecule has 0 saturated carbocycles. The summed E-state index contributed by atoms with van der Waals surface area (Å²) in [4.78, 5) is 13.2. The molecule has 1 aliphatic rings. The average Bonchev–Trinajstić information content (AvgIpc) is 2.38. The topological polar surface area (TPSA) is 40.5 Å². The molecular weight excluding hydrogens is 178 g/mol. The van der Waals surface area contributed by atoms with Crippen LogP contribution in [0.25, 0.3) is 0 Å². The number of aliphatic hydroxyl groups excluding tert-OH is 1. The quantitative estimate of drug-likeness (QED) is 0.739. The first-order chi connectivity index (χ1) is 6.74. The highest BCUT2D eigenvalue weighted by Gasteiger charge is 2.19. The number of hydrogen-bond donors (Lipinski definition) is 1. The molecule has 0 aromatic heterocycles. The van der Waals surface area contributed by atoms with Gasteiger partial charge in [0, 0.05) is 19.0 Å². The van der Waals surface area contributed by atoms with Crippen molar-refractivity contribution in [3.63, 3.8) is 0 Å². The third-order valence-corrected chi connectivity index (χ3v) is 2.96. The normalized spacial score (nSPS) is 24.6. The zero-order valence-corrected chi connectivity index (χ0v) is 9.04. The van der Waals surface area contributed by atoms with Gasteiger partial charge in [-0.2, -0.15) is 0 Å². The fourth-order valence-electron chi connectivity index (χ4n) is 2.04. The molecule has 1 saturated heterocycles. The van der Waals surface area contributed by atoms with Crippen LogP contribution in [0.5, 0.6) is 0 Å². The molecule has 0 aromatic rings. The fourth-order valence-corrected chi connectivity index (χ4v) is 2.04. The first-order valence-corrected chi connectivity index (χ1v) is 5.58. The second-order valence-electron chi connectivity index (χ2n) is 4.17. The Bertz CT molecular complexity index is 182. The number of rotatable bonds is 4. The van der Waals surface area contributed by atoms with Crippen LogP contribution < -0.4 is 0 Å². The molecule has 14 heavy (non-hydrogen) atoms. The highest BCUT2D eigenvalue weighted by Crippen LogP contribution is 2.16. The number of aliphatic hydroxyl groups is 1. The summed E-state index contributed by atoms with van der Waals surface area (Å²) in [6, 6.07) is 0.289. The van der Waals surface area contributed by atoms with E-state index in [1.807, 2.05) is 0 Å². The summed E-state index contributed by atoms with van der Waals surface area (Å²) in [5.74, 6) is 0.242. The second-order valence-corrected chi connectivity index (χ2v) is 4.17. The summed E-state index contributed by atoms with van der Waals surface area (Å²) in [6.45, 7) is 3.72. The molecule has 82 valence electrons. The van der Waals surface area contributed by atoms with Gasteiger partial charge < -0.3 is 5.11 Å². The maximum absolute atomic E-state index is 10.9. The zero-order valence-electron chi connectivity index (χ0n) is 9.04. The number of ketones is 1. The van der Waals surface area contributed by atoms with Gasteiger partial charge in [-0.3, -0.25) is 9.69 Å². The molecule has 0 aliphatic carbocycles. The second kappa shape index (κ2) is 6.14. The van der Waals surface area contributed by atoms with Crippen molar-refractivity contribution >= 4 is 5.78 Å². The summed E-state index contributed by atoms with van der Waals surface area (Å²) in [5, 5.41) is 9.23. The standard InChI is InChI=1S/C11H21NO2/c1-10(14)6-8-12-7-4-2-3-5-11(12)9-13/h11,13H,2-9H2,1H3. The SMILES string of the molecule is CC(=O)CCN1CCCCCC1CO. The number of carbonyl (C=O) groups excluding carboxylic acids is 1. The van der Waals surface area contributed by atoms with Crippen molar-refractivity contribution in [2.45, 2.75) is 45.1 Å². The van der Waals surface area contributed by atoms with E-state index in [-0.39, 0.29) is 18.4 Å². The minimum absolute atomic E-state index is 0.234. The van der Waals surface area contributed by atoms with Gasteiger partial charge in [0.15, 0.2) is 0 Å². The predicted octanol–water partition coefficient (Wildman–Crippen LogP) is 1.20. The third-order valence-electron chi connectivity index (χ3n) is 2.96. The Labute approximate surface area is 86.1 Å². The summed E-state index contributed by atoms with van der Waals surface area (Å²) in [6.07, 6.45) is 5.37. The van der Waals surface area contributed by atoms with Crippen molar-refractivity contribution in [2.75, 3.05) is 19.7 Å². The zero-order chi connectivity index (χ0) is 10.4. The van der Waals surface area contributed by atoms with Crippen LogP contribution in [0.1, 0.15) is 39.0 Å². The van der Waals surface area contributed by atoms with E-state index in [9.17, 15) is 9.90 Å². The van der Waals surface area contributed by atoms with Crippen LogP contribution in [0.2, 0.25) is 0 Å². The minimum Gasteiger partial charge on any atom is -0.395 e. The highest BCUT2D eigenvalue weighted by molar-refractivity contribution is 5.75. The number of carbonyl (C=O) groups is 1. The maximum Gasteiger partial charge on any atom is 0.131 e. The van der Waals surface area contributed by atoms with Crippen LogP contribution in [0.15, 0.2) is 0 Å². The summed E-state index contributed by atoms with van der Waals surface area (Å²) in [5.41, 5.74) is 0. The molecular formula is C11H21NO2. The summed E-state index contributed by atoms with van der Waals surface area (Å²) in [7, 11) is 0. The average molecular weight is 199 g/mol. The Hall–Kier alpha value is -0.410. The minimum atomic E-state index is 0.234. The van der Waals surface area contributed by atoms with Gasteiger partial charge in [-0.25, -0.2) is 0 Å². The molecule has 0 amide bonds. The molecule has 0 aromatic carbocycles. The Balaban J connectivity index is 2.39. The molecule has 1 unspecified atom stereocenters. The number of likely N-dealkylation sites (tertiary alicyclic amines) is 1. The van der Waals surface area contributed by atoms with Gasteiger partial charge in [0.05, 0.1) is 6.61 Å². The van der Waals surface area contributed by atoms with Gasteiger partial charge in [-0.15, -0.1) is 0 Å². The van der Waals surface area contributed by atoms with Crippen molar-refractivity contribution in [3.8, 4) is 0 Å². The van der Waals surface area contributed by atoms with Gasteiger partial charge in [0.25, 0.3) is 0 Å². The lowest BCUT2D eigenvalue weighted by Gasteiger charge is -2.27. The van der Waals surface area contributed by atoms with E-state index in [1.165, 1.54) is 19.3 Å². The number of nitrogens with zero attached hydrogens (tertiary/aromatic N) is 1. The maximum atomic E-state index is 10.9. The van der Waals surface area contributed by atoms with E-state index in [2.05, 4.69) is 4.90 Å². The first kappa shape index (κ1) is 11.7.